The van der Waals surface area contributed by atoms with Gasteiger partial charge in [-0.2, -0.15) is 0 Å². The maximum atomic E-state index is 11.2. The van der Waals surface area contributed by atoms with Gasteiger partial charge in [0, 0.05) is 29.4 Å². The molecule has 110 valence electrons. The largest absolute Gasteiger partial charge is 0.378 e. The molecule has 3 nitrogen and oxygen atoms in total. The molecule has 2 rings (SSSR count). The Hall–Kier alpha value is -2.00. The van der Waals surface area contributed by atoms with Crippen molar-refractivity contribution >= 4 is 28.9 Å². The molecule has 4 heteroatoms. The van der Waals surface area contributed by atoms with E-state index in [0.29, 0.717) is 0 Å². The van der Waals surface area contributed by atoms with Crippen LogP contribution in [0.15, 0.2) is 42.5 Å². The molecule has 1 atom stereocenters. The van der Waals surface area contributed by atoms with Crippen molar-refractivity contribution in [2.45, 2.75) is 26.8 Å². The Kier molecular flexibility index (Phi) is 4.86. The van der Waals surface area contributed by atoms with Gasteiger partial charge in [0.2, 0.25) is 5.91 Å². The fourth-order valence-electron chi connectivity index (χ4n) is 2.19. The van der Waals surface area contributed by atoms with Crippen LogP contribution >= 0.6 is 11.6 Å². The van der Waals surface area contributed by atoms with Crippen LogP contribution in [0, 0.1) is 6.92 Å². The first-order valence-corrected chi connectivity index (χ1v) is 7.24. The molecular weight excluding hydrogens is 284 g/mol. The summed E-state index contributed by atoms with van der Waals surface area (Å²) in [4.78, 5) is 11.2. The van der Waals surface area contributed by atoms with Crippen molar-refractivity contribution in [1.82, 2.24) is 0 Å². The van der Waals surface area contributed by atoms with Crippen LogP contribution in [0.2, 0.25) is 5.02 Å². The Labute approximate surface area is 130 Å². The molecule has 2 aromatic rings. The molecule has 0 aromatic heterocycles. The topological polar surface area (TPSA) is 41.1 Å². The van der Waals surface area contributed by atoms with Gasteiger partial charge in [-0.3, -0.25) is 4.79 Å². The number of aryl methyl sites for hydroxylation is 1. The third-order valence-electron chi connectivity index (χ3n) is 3.30. The molecule has 0 saturated carbocycles. The second-order valence-corrected chi connectivity index (χ2v) is 5.51. The monoisotopic (exact) mass is 302 g/mol. The van der Waals surface area contributed by atoms with Crippen LogP contribution < -0.4 is 10.6 Å². The SMILES string of the molecule is CC(=O)Nc1cc(NC(C)c2ccccc2Cl)ccc1C. The molecule has 0 aliphatic heterocycles. The van der Waals surface area contributed by atoms with Crippen LogP contribution in [0.4, 0.5) is 11.4 Å². The number of hydrogen-bond donors (Lipinski definition) is 2. The average molecular weight is 303 g/mol. The summed E-state index contributed by atoms with van der Waals surface area (Å²) in [6.07, 6.45) is 0. The van der Waals surface area contributed by atoms with Gasteiger partial charge in [-0.1, -0.05) is 35.9 Å². The lowest BCUT2D eigenvalue weighted by atomic mass is 10.1. The van der Waals surface area contributed by atoms with Crippen LogP contribution in [0.1, 0.15) is 31.0 Å². The van der Waals surface area contributed by atoms with Crippen molar-refractivity contribution in [2.75, 3.05) is 10.6 Å². The number of carbonyl (C=O) groups is 1. The Morgan fingerprint density at radius 1 is 1.19 bits per heavy atom. The number of benzene rings is 2. The van der Waals surface area contributed by atoms with Gasteiger partial charge in [-0.15, -0.1) is 0 Å². The molecule has 0 radical (unpaired) electrons. The third-order valence-corrected chi connectivity index (χ3v) is 3.65. The molecule has 2 N–H and O–H groups in total. The molecule has 2 aromatic carbocycles. The minimum Gasteiger partial charge on any atom is -0.378 e. The van der Waals surface area contributed by atoms with E-state index >= 15 is 0 Å². The number of carbonyl (C=O) groups excluding carboxylic acids is 1. The van der Waals surface area contributed by atoms with Crippen LogP contribution in [-0.4, -0.2) is 5.91 Å². The van der Waals surface area contributed by atoms with E-state index in [4.69, 9.17) is 11.6 Å². The maximum Gasteiger partial charge on any atom is 0.221 e. The van der Waals surface area contributed by atoms with Gasteiger partial charge in [0.05, 0.1) is 0 Å². The lowest BCUT2D eigenvalue weighted by Crippen LogP contribution is -2.10. The lowest BCUT2D eigenvalue weighted by molar-refractivity contribution is -0.114. The van der Waals surface area contributed by atoms with E-state index in [1.165, 1.54) is 6.92 Å². The molecule has 0 aliphatic rings. The van der Waals surface area contributed by atoms with Crippen molar-refractivity contribution in [3.05, 3.63) is 58.6 Å². The average Bonchev–Trinajstić information content (AvgIpc) is 2.42. The molecule has 0 saturated heterocycles. The van der Waals surface area contributed by atoms with E-state index in [2.05, 4.69) is 17.6 Å². The normalized spacial score (nSPS) is 11.8. The highest BCUT2D eigenvalue weighted by molar-refractivity contribution is 6.31. The maximum absolute atomic E-state index is 11.2. The second kappa shape index (κ2) is 6.64. The van der Waals surface area contributed by atoms with Gasteiger partial charge < -0.3 is 10.6 Å². The number of rotatable bonds is 4. The minimum atomic E-state index is -0.0746. The van der Waals surface area contributed by atoms with Crippen molar-refractivity contribution < 1.29 is 4.79 Å². The van der Waals surface area contributed by atoms with Gasteiger partial charge in [0.15, 0.2) is 0 Å². The quantitative estimate of drug-likeness (QED) is 0.853. The number of halogens is 1. The molecule has 0 heterocycles. The van der Waals surface area contributed by atoms with Crippen LogP contribution in [0.3, 0.4) is 0 Å². The summed E-state index contributed by atoms with van der Waals surface area (Å²) in [6.45, 7) is 5.53. The van der Waals surface area contributed by atoms with Crippen molar-refractivity contribution in [3.63, 3.8) is 0 Å². The van der Waals surface area contributed by atoms with Gasteiger partial charge in [0.25, 0.3) is 0 Å². The fourth-order valence-corrected chi connectivity index (χ4v) is 2.49. The minimum absolute atomic E-state index is 0.0746. The van der Waals surface area contributed by atoms with E-state index in [1.54, 1.807) is 0 Å². The molecule has 0 spiro atoms. The van der Waals surface area contributed by atoms with Crippen LogP contribution in [-0.2, 0) is 4.79 Å². The van der Waals surface area contributed by atoms with Gasteiger partial charge >= 0.3 is 0 Å². The summed E-state index contributed by atoms with van der Waals surface area (Å²) in [5.41, 5.74) is 3.83. The summed E-state index contributed by atoms with van der Waals surface area (Å²) in [5.74, 6) is -0.0746. The molecule has 0 fully saturated rings. The van der Waals surface area contributed by atoms with Gasteiger partial charge in [0.1, 0.15) is 0 Å². The number of anilines is 2. The zero-order valence-corrected chi connectivity index (χ0v) is 13.2. The molecule has 1 unspecified atom stereocenters. The Bertz CT molecular complexity index is 655. The first-order valence-electron chi connectivity index (χ1n) is 6.86. The summed E-state index contributed by atoms with van der Waals surface area (Å²) in [5, 5.41) is 6.98. The third kappa shape index (κ3) is 3.99. The fraction of sp³-hybridized carbons (Fsp3) is 0.235. The van der Waals surface area contributed by atoms with Gasteiger partial charge in [-0.25, -0.2) is 0 Å². The van der Waals surface area contributed by atoms with Crippen molar-refractivity contribution in [1.29, 1.82) is 0 Å². The first-order chi connectivity index (χ1) is 9.97. The Balaban J connectivity index is 2.20. The highest BCUT2D eigenvalue weighted by Crippen LogP contribution is 2.27. The predicted molar refractivity (Wildman–Crippen MR) is 89.0 cm³/mol. The highest BCUT2D eigenvalue weighted by atomic mass is 35.5. The molecular formula is C17H19ClN2O. The van der Waals surface area contributed by atoms with E-state index in [-0.39, 0.29) is 11.9 Å². The first kappa shape index (κ1) is 15.4. The van der Waals surface area contributed by atoms with E-state index in [1.807, 2.05) is 49.4 Å². The van der Waals surface area contributed by atoms with E-state index in [9.17, 15) is 4.79 Å². The molecule has 0 bridgehead atoms. The molecule has 0 aliphatic carbocycles. The Morgan fingerprint density at radius 3 is 2.57 bits per heavy atom. The summed E-state index contributed by atoms with van der Waals surface area (Å²) in [6, 6.07) is 13.8. The standard InChI is InChI=1S/C17H19ClN2O/c1-11-8-9-14(10-17(11)20-13(3)21)19-12(2)15-6-4-5-7-16(15)18/h4-10,12,19H,1-3H3,(H,20,21). The lowest BCUT2D eigenvalue weighted by Gasteiger charge is -2.18. The number of amides is 1. The summed E-state index contributed by atoms with van der Waals surface area (Å²) < 4.78 is 0. The van der Waals surface area contributed by atoms with Crippen LogP contribution in [0.5, 0.6) is 0 Å². The van der Waals surface area contributed by atoms with Crippen molar-refractivity contribution in [2.24, 2.45) is 0 Å². The molecule has 21 heavy (non-hydrogen) atoms. The van der Waals surface area contributed by atoms with E-state index in [0.717, 1.165) is 27.5 Å². The zero-order valence-electron chi connectivity index (χ0n) is 12.4. The summed E-state index contributed by atoms with van der Waals surface area (Å²) in [7, 11) is 0. The zero-order chi connectivity index (χ0) is 15.4. The highest BCUT2D eigenvalue weighted by Gasteiger charge is 2.10. The second-order valence-electron chi connectivity index (χ2n) is 5.10. The molecule has 1 amide bonds. The van der Waals surface area contributed by atoms with Crippen LogP contribution in [0.25, 0.3) is 0 Å². The summed E-state index contributed by atoms with van der Waals surface area (Å²) >= 11 is 6.21. The van der Waals surface area contributed by atoms with E-state index < -0.39 is 0 Å². The van der Waals surface area contributed by atoms with Crippen molar-refractivity contribution in [3.8, 4) is 0 Å². The number of hydrogen-bond acceptors (Lipinski definition) is 2. The Morgan fingerprint density at radius 2 is 1.90 bits per heavy atom. The predicted octanol–water partition coefficient (Wildman–Crippen LogP) is 4.78. The van der Waals surface area contributed by atoms with Gasteiger partial charge in [-0.05, 0) is 43.2 Å². The number of nitrogens with one attached hydrogen (secondary N) is 2. The smallest absolute Gasteiger partial charge is 0.221 e.